The first kappa shape index (κ1) is 18.6. The molecule has 0 aliphatic rings. The number of nitrogens with zero attached hydrogens (tertiary/aromatic N) is 1. The maximum Gasteiger partial charge on any atom is 0.303 e. The number of hydrogen-bond donors (Lipinski definition) is 2. The minimum Gasteiger partial charge on any atom is -0.481 e. The number of nitrogens with one attached hydrogen (secondary N) is 1. The number of aromatic nitrogens is 1. The number of anilines is 1. The second-order valence-corrected chi connectivity index (χ2v) is 5.76. The number of ether oxygens (including phenoxy) is 1. The fourth-order valence-corrected chi connectivity index (χ4v) is 2.28. The van der Waals surface area contributed by atoms with Crippen LogP contribution in [0, 0.1) is 11.6 Å². The summed E-state index contributed by atoms with van der Waals surface area (Å²) in [6.45, 7) is 3.83. The smallest absolute Gasteiger partial charge is 0.303 e. The van der Waals surface area contributed by atoms with Gasteiger partial charge in [0, 0.05) is 24.7 Å². The van der Waals surface area contributed by atoms with Gasteiger partial charge in [-0.2, -0.15) is 0 Å². The third-order valence-corrected chi connectivity index (χ3v) is 3.34. The lowest BCUT2D eigenvalue weighted by Crippen LogP contribution is -2.09. The van der Waals surface area contributed by atoms with E-state index in [9.17, 15) is 13.6 Å². The summed E-state index contributed by atoms with van der Waals surface area (Å²) in [6.07, 6.45) is 1.62. The zero-order valence-electron chi connectivity index (χ0n) is 14.1. The number of pyridine rings is 1. The van der Waals surface area contributed by atoms with Crippen LogP contribution in [0.4, 0.5) is 14.5 Å². The molecule has 0 atom stereocenters. The Morgan fingerprint density at radius 1 is 1.32 bits per heavy atom. The van der Waals surface area contributed by atoms with Crippen molar-refractivity contribution in [3.63, 3.8) is 0 Å². The van der Waals surface area contributed by atoms with E-state index in [-0.39, 0.29) is 31.2 Å². The molecule has 1 heterocycles. The molecule has 0 unspecified atom stereocenters. The standard InChI is InChI=1S/C18H20F2N2O3/c1-11(2)25-18-13(5-3-8-22-18)12-9-14(19)17(15(20)10-12)21-7-4-6-16(23)24/h3,5,8-11,21H,4,6-7H2,1-2H3,(H,23,24). The van der Waals surface area contributed by atoms with E-state index < -0.39 is 17.6 Å². The Bertz CT molecular complexity index is 728. The van der Waals surface area contributed by atoms with E-state index in [0.29, 0.717) is 17.0 Å². The zero-order valence-corrected chi connectivity index (χ0v) is 14.1. The first-order valence-corrected chi connectivity index (χ1v) is 7.95. The van der Waals surface area contributed by atoms with Crippen LogP contribution >= 0.6 is 0 Å². The van der Waals surface area contributed by atoms with Crippen LogP contribution in [0.2, 0.25) is 0 Å². The summed E-state index contributed by atoms with van der Waals surface area (Å²) < 4.78 is 34.2. The van der Waals surface area contributed by atoms with Gasteiger partial charge in [-0.25, -0.2) is 13.8 Å². The highest BCUT2D eigenvalue weighted by Gasteiger charge is 2.15. The Morgan fingerprint density at radius 3 is 2.60 bits per heavy atom. The molecule has 2 aromatic rings. The van der Waals surface area contributed by atoms with E-state index in [2.05, 4.69) is 10.3 Å². The highest BCUT2D eigenvalue weighted by Crippen LogP contribution is 2.32. The van der Waals surface area contributed by atoms with Gasteiger partial charge >= 0.3 is 5.97 Å². The van der Waals surface area contributed by atoms with Crippen molar-refractivity contribution in [3.05, 3.63) is 42.1 Å². The Balaban J connectivity index is 2.23. The van der Waals surface area contributed by atoms with E-state index in [1.165, 1.54) is 12.1 Å². The van der Waals surface area contributed by atoms with Crippen LogP contribution in [0.25, 0.3) is 11.1 Å². The number of carbonyl (C=O) groups is 1. The molecule has 7 heteroatoms. The molecule has 2 rings (SSSR count). The van der Waals surface area contributed by atoms with Crippen molar-refractivity contribution in [2.24, 2.45) is 0 Å². The maximum atomic E-state index is 14.3. The molecule has 0 spiro atoms. The molecule has 1 aromatic carbocycles. The molecule has 0 radical (unpaired) electrons. The van der Waals surface area contributed by atoms with Crippen molar-refractivity contribution in [3.8, 4) is 17.0 Å². The van der Waals surface area contributed by atoms with Crippen LogP contribution < -0.4 is 10.1 Å². The van der Waals surface area contributed by atoms with Crippen molar-refractivity contribution < 1.29 is 23.4 Å². The highest BCUT2D eigenvalue weighted by atomic mass is 19.1. The average Bonchev–Trinajstić information content (AvgIpc) is 2.53. The van der Waals surface area contributed by atoms with Gasteiger partial charge in [-0.3, -0.25) is 4.79 Å². The second kappa shape index (κ2) is 8.41. The summed E-state index contributed by atoms with van der Waals surface area (Å²) in [4.78, 5) is 14.6. The number of carboxylic acid groups (broad SMARTS) is 1. The van der Waals surface area contributed by atoms with Gasteiger partial charge in [0.1, 0.15) is 17.3 Å². The van der Waals surface area contributed by atoms with Crippen LogP contribution in [0.15, 0.2) is 30.5 Å². The molecule has 5 nitrogen and oxygen atoms in total. The van der Waals surface area contributed by atoms with Crippen molar-refractivity contribution in [2.45, 2.75) is 32.8 Å². The second-order valence-electron chi connectivity index (χ2n) is 5.76. The minimum absolute atomic E-state index is 0.0695. The first-order chi connectivity index (χ1) is 11.9. The van der Waals surface area contributed by atoms with Crippen molar-refractivity contribution in [2.75, 3.05) is 11.9 Å². The van der Waals surface area contributed by atoms with Gasteiger partial charge in [-0.1, -0.05) is 0 Å². The zero-order chi connectivity index (χ0) is 18.4. The predicted molar refractivity (Wildman–Crippen MR) is 90.7 cm³/mol. The Morgan fingerprint density at radius 2 is 2.00 bits per heavy atom. The number of benzene rings is 1. The summed E-state index contributed by atoms with van der Waals surface area (Å²) in [6, 6.07) is 5.74. The maximum absolute atomic E-state index is 14.3. The summed E-state index contributed by atoms with van der Waals surface area (Å²) >= 11 is 0. The third kappa shape index (κ3) is 5.14. The number of hydrogen-bond acceptors (Lipinski definition) is 4. The van der Waals surface area contributed by atoms with Crippen molar-refractivity contribution >= 4 is 11.7 Å². The molecule has 0 aliphatic carbocycles. The Hall–Kier alpha value is -2.70. The van der Waals surface area contributed by atoms with Crippen LogP contribution in [0.3, 0.4) is 0 Å². The van der Waals surface area contributed by atoms with Gasteiger partial charge < -0.3 is 15.2 Å². The van der Waals surface area contributed by atoms with Crippen LogP contribution in [0.5, 0.6) is 5.88 Å². The van der Waals surface area contributed by atoms with E-state index in [4.69, 9.17) is 9.84 Å². The predicted octanol–water partition coefficient (Wildman–Crippen LogP) is 4.09. The van der Waals surface area contributed by atoms with Gasteiger partial charge in [0.25, 0.3) is 0 Å². The SMILES string of the molecule is CC(C)Oc1ncccc1-c1cc(F)c(NCCCC(=O)O)c(F)c1. The van der Waals surface area contributed by atoms with Crippen molar-refractivity contribution in [1.29, 1.82) is 0 Å². The molecule has 2 N–H and O–H groups in total. The lowest BCUT2D eigenvalue weighted by Gasteiger charge is -2.14. The molecule has 0 bridgehead atoms. The van der Waals surface area contributed by atoms with Gasteiger partial charge in [0.2, 0.25) is 5.88 Å². The summed E-state index contributed by atoms with van der Waals surface area (Å²) in [7, 11) is 0. The summed E-state index contributed by atoms with van der Waals surface area (Å²) in [5.74, 6) is -2.17. The minimum atomic E-state index is -0.952. The molecule has 25 heavy (non-hydrogen) atoms. The molecular weight excluding hydrogens is 330 g/mol. The van der Waals surface area contributed by atoms with E-state index >= 15 is 0 Å². The lowest BCUT2D eigenvalue weighted by atomic mass is 10.1. The molecule has 0 fully saturated rings. The molecule has 0 saturated heterocycles. The number of carboxylic acids is 1. The van der Waals surface area contributed by atoms with Gasteiger partial charge in [0.15, 0.2) is 0 Å². The number of rotatable bonds is 8. The van der Waals surface area contributed by atoms with Gasteiger partial charge in [-0.15, -0.1) is 0 Å². The van der Waals surface area contributed by atoms with Crippen LogP contribution in [-0.2, 0) is 4.79 Å². The van der Waals surface area contributed by atoms with E-state index in [1.807, 2.05) is 13.8 Å². The van der Waals surface area contributed by atoms with Crippen LogP contribution in [-0.4, -0.2) is 28.7 Å². The van der Waals surface area contributed by atoms with E-state index in [0.717, 1.165) is 0 Å². The van der Waals surface area contributed by atoms with Crippen molar-refractivity contribution in [1.82, 2.24) is 4.98 Å². The lowest BCUT2D eigenvalue weighted by molar-refractivity contribution is -0.137. The summed E-state index contributed by atoms with van der Waals surface area (Å²) in [5, 5.41) is 11.2. The monoisotopic (exact) mass is 350 g/mol. The summed E-state index contributed by atoms with van der Waals surface area (Å²) in [5.41, 5.74) is 0.533. The molecule has 0 saturated carbocycles. The fourth-order valence-electron chi connectivity index (χ4n) is 2.28. The topological polar surface area (TPSA) is 71.5 Å². The fraction of sp³-hybridized carbons (Fsp3) is 0.333. The van der Waals surface area contributed by atoms with E-state index in [1.54, 1.807) is 18.3 Å². The molecule has 0 amide bonds. The number of aliphatic carboxylic acids is 1. The first-order valence-electron chi connectivity index (χ1n) is 7.95. The average molecular weight is 350 g/mol. The highest BCUT2D eigenvalue weighted by molar-refractivity contribution is 5.71. The van der Waals surface area contributed by atoms with Gasteiger partial charge in [0.05, 0.1) is 6.10 Å². The van der Waals surface area contributed by atoms with Gasteiger partial charge in [-0.05, 0) is 50.1 Å². The largest absolute Gasteiger partial charge is 0.481 e. The Kier molecular flexibility index (Phi) is 6.27. The molecular formula is C18H20F2N2O3. The van der Waals surface area contributed by atoms with Crippen LogP contribution in [0.1, 0.15) is 26.7 Å². The molecule has 134 valence electrons. The number of halogens is 2. The third-order valence-electron chi connectivity index (χ3n) is 3.34. The normalized spacial score (nSPS) is 10.8. The Labute approximate surface area is 144 Å². The molecule has 1 aromatic heterocycles. The quantitative estimate of drug-likeness (QED) is 0.702. The molecule has 0 aliphatic heterocycles.